The number of rotatable bonds is 4. The van der Waals surface area contributed by atoms with Crippen molar-refractivity contribution in [3.8, 4) is 0 Å². The van der Waals surface area contributed by atoms with Gasteiger partial charge in [0.05, 0.1) is 14.1 Å². The van der Waals surface area contributed by atoms with Crippen molar-refractivity contribution in [1.29, 1.82) is 0 Å². The van der Waals surface area contributed by atoms with E-state index in [1.54, 1.807) is 0 Å². The Morgan fingerprint density at radius 1 is 1.47 bits per heavy atom. The van der Waals surface area contributed by atoms with Gasteiger partial charge in [-0.1, -0.05) is 13.8 Å². The lowest BCUT2D eigenvalue weighted by molar-refractivity contribution is -0.652. The second kappa shape index (κ2) is 4.50. The highest BCUT2D eigenvalue weighted by atomic mass is 31.2. The SMILES string of the molecule is CCN(CC)[P@@](C)(=O)c1n(C)cc[n+]1C. The molecule has 1 heterocycles. The summed E-state index contributed by atoms with van der Waals surface area (Å²) < 4.78 is 18.7. The van der Waals surface area contributed by atoms with Gasteiger partial charge in [-0.3, -0.25) is 4.57 Å². The van der Waals surface area contributed by atoms with Gasteiger partial charge in [0, 0.05) is 19.8 Å². The fraction of sp³-hybridized carbons (Fsp3) is 0.700. The van der Waals surface area contributed by atoms with Crippen molar-refractivity contribution in [2.45, 2.75) is 13.8 Å². The number of nitrogens with zero attached hydrogens (tertiary/aromatic N) is 3. The topological polar surface area (TPSA) is 29.1 Å². The molecule has 1 rings (SSSR count). The van der Waals surface area contributed by atoms with E-state index in [9.17, 15) is 4.57 Å². The van der Waals surface area contributed by atoms with Crippen LogP contribution in [-0.2, 0) is 18.7 Å². The fourth-order valence-corrected chi connectivity index (χ4v) is 4.69. The predicted octanol–water partition coefficient (Wildman–Crippen LogP) is 0.725. The van der Waals surface area contributed by atoms with Crippen molar-refractivity contribution in [3.63, 3.8) is 0 Å². The number of hydrogen-bond acceptors (Lipinski definition) is 1. The molecule has 1 aromatic heterocycles. The Balaban J connectivity index is 3.21. The minimum Gasteiger partial charge on any atom is -0.294 e. The highest BCUT2D eigenvalue weighted by molar-refractivity contribution is 7.67. The summed E-state index contributed by atoms with van der Waals surface area (Å²) in [5.41, 5.74) is 0.895. The van der Waals surface area contributed by atoms with Gasteiger partial charge in [-0.2, -0.15) is 0 Å². The van der Waals surface area contributed by atoms with Crippen LogP contribution in [0.15, 0.2) is 12.4 Å². The van der Waals surface area contributed by atoms with Crippen LogP contribution < -0.4 is 10.1 Å². The first-order valence-corrected chi connectivity index (χ1v) is 7.40. The third-order valence-corrected chi connectivity index (χ3v) is 5.80. The minimum atomic E-state index is -2.42. The molecule has 0 radical (unpaired) electrons. The summed E-state index contributed by atoms with van der Waals surface area (Å²) in [6.07, 6.45) is 3.88. The summed E-state index contributed by atoms with van der Waals surface area (Å²) in [5, 5.41) is 0. The maximum absolute atomic E-state index is 12.8. The lowest BCUT2D eigenvalue weighted by Gasteiger charge is -2.23. The molecule has 0 spiro atoms. The van der Waals surface area contributed by atoms with Crippen LogP contribution in [0.5, 0.6) is 0 Å². The molecule has 0 unspecified atom stereocenters. The molecule has 0 amide bonds. The van der Waals surface area contributed by atoms with E-state index in [0.717, 1.165) is 18.7 Å². The van der Waals surface area contributed by atoms with Crippen LogP contribution in [0.4, 0.5) is 0 Å². The van der Waals surface area contributed by atoms with E-state index in [2.05, 4.69) is 0 Å². The standard InChI is InChI=1S/C10H21N3OP/c1-6-13(7-2)15(5,14)10-11(3)8-9-12(10)4/h8-9H,6-7H2,1-5H3/q+1/t15-/m0/s1. The van der Waals surface area contributed by atoms with E-state index in [4.69, 9.17) is 0 Å². The lowest BCUT2D eigenvalue weighted by Crippen LogP contribution is -2.48. The van der Waals surface area contributed by atoms with E-state index in [1.165, 1.54) is 0 Å². The van der Waals surface area contributed by atoms with Gasteiger partial charge >= 0.3 is 5.57 Å². The number of hydrogen-bond donors (Lipinski definition) is 0. The molecule has 4 nitrogen and oxygen atoms in total. The van der Waals surface area contributed by atoms with Crippen molar-refractivity contribution in [3.05, 3.63) is 12.4 Å². The van der Waals surface area contributed by atoms with Gasteiger partial charge in [-0.15, -0.1) is 0 Å². The molecule has 0 aliphatic carbocycles. The predicted molar refractivity (Wildman–Crippen MR) is 62.7 cm³/mol. The summed E-state index contributed by atoms with van der Waals surface area (Å²) in [4.78, 5) is 0. The maximum Gasteiger partial charge on any atom is 0.329 e. The van der Waals surface area contributed by atoms with Crippen LogP contribution in [0.25, 0.3) is 0 Å². The zero-order valence-corrected chi connectivity index (χ0v) is 11.2. The Morgan fingerprint density at radius 2 is 2.00 bits per heavy atom. The minimum absolute atomic E-state index is 0.815. The molecule has 0 fully saturated rings. The lowest BCUT2D eigenvalue weighted by atomic mass is 10.7. The smallest absolute Gasteiger partial charge is 0.294 e. The average Bonchev–Trinajstić information content (AvgIpc) is 2.48. The van der Waals surface area contributed by atoms with Crippen molar-refractivity contribution >= 4 is 12.9 Å². The Morgan fingerprint density at radius 3 is 2.33 bits per heavy atom. The summed E-state index contributed by atoms with van der Waals surface area (Å²) >= 11 is 0. The van der Waals surface area contributed by atoms with Crippen molar-refractivity contribution in [1.82, 2.24) is 9.24 Å². The zero-order valence-electron chi connectivity index (χ0n) is 10.3. The molecule has 0 aliphatic heterocycles. The molecule has 5 heteroatoms. The molecular formula is C10H21N3OP+. The van der Waals surface area contributed by atoms with Crippen LogP contribution in [0.3, 0.4) is 0 Å². The van der Waals surface area contributed by atoms with Gasteiger partial charge in [0.15, 0.2) is 0 Å². The Kier molecular flexibility index (Phi) is 3.74. The van der Waals surface area contributed by atoms with Crippen LogP contribution in [0, 0.1) is 0 Å². The molecular weight excluding hydrogens is 209 g/mol. The van der Waals surface area contributed by atoms with Crippen LogP contribution in [0.2, 0.25) is 0 Å². The molecule has 15 heavy (non-hydrogen) atoms. The first-order chi connectivity index (χ1) is 6.95. The van der Waals surface area contributed by atoms with E-state index in [-0.39, 0.29) is 0 Å². The third-order valence-electron chi connectivity index (χ3n) is 2.79. The normalized spacial score (nSPS) is 15.6. The van der Waals surface area contributed by atoms with Gasteiger partial charge < -0.3 is 0 Å². The van der Waals surface area contributed by atoms with Gasteiger partial charge in [0.1, 0.15) is 12.4 Å². The number of aryl methyl sites for hydroxylation is 2. The molecule has 0 aromatic carbocycles. The van der Waals surface area contributed by atoms with E-state index in [1.807, 2.05) is 60.8 Å². The Bertz CT molecular complexity index is 363. The quantitative estimate of drug-likeness (QED) is 0.563. The third kappa shape index (κ3) is 2.16. The highest BCUT2D eigenvalue weighted by Crippen LogP contribution is 2.42. The zero-order chi connectivity index (χ0) is 11.6. The average molecular weight is 230 g/mol. The van der Waals surface area contributed by atoms with E-state index < -0.39 is 7.29 Å². The Labute approximate surface area is 91.9 Å². The van der Waals surface area contributed by atoms with E-state index >= 15 is 0 Å². The summed E-state index contributed by atoms with van der Waals surface area (Å²) in [7, 11) is 1.46. The molecule has 0 saturated heterocycles. The highest BCUT2D eigenvalue weighted by Gasteiger charge is 2.35. The molecule has 1 aromatic rings. The van der Waals surface area contributed by atoms with Crippen LogP contribution >= 0.6 is 7.29 Å². The molecule has 0 saturated carbocycles. The van der Waals surface area contributed by atoms with Crippen molar-refractivity contribution in [2.75, 3.05) is 19.8 Å². The Hall–Kier alpha value is -0.600. The number of aromatic nitrogens is 2. The van der Waals surface area contributed by atoms with Gasteiger partial charge in [0.25, 0.3) is 7.29 Å². The summed E-state index contributed by atoms with van der Waals surface area (Å²) in [5.74, 6) is 0. The van der Waals surface area contributed by atoms with Crippen LogP contribution in [-0.4, -0.2) is 29.0 Å². The first-order valence-electron chi connectivity index (χ1n) is 5.29. The van der Waals surface area contributed by atoms with Crippen molar-refractivity contribution in [2.24, 2.45) is 14.1 Å². The largest absolute Gasteiger partial charge is 0.329 e. The van der Waals surface area contributed by atoms with Gasteiger partial charge in [-0.05, 0) is 0 Å². The summed E-state index contributed by atoms with van der Waals surface area (Å²) in [6.45, 7) is 7.56. The fourth-order valence-electron chi connectivity index (χ4n) is 2.06. The molecule has 1 atom stereocenters. The summed E-state index contributed by atoms with van der Waals surface area (Å²) in [6, 6.07) is 0. The van der Waals surface area contributed by atoms with Gasteiger partial charge in [-0.25, -0.2) is 13.8 Å². The second-order valence-corrected chi connectivity index (χ2v) is 6.56. The molecule has 0 N–H and O–H groups in total. The maximum atomic E-state index is 12.8. The molecule has 0 aliphatic rings. The molecule has 0 bridgehead atoms. The van der Waals surface area contributed by atoms with Crippen molar-refractivity contribution < 1.29 is 9.13 Å². The number of imidazole rings is 1. The second-order valence-electron chi connectivity index (χ2n) is 3.84. The molecule has 86 valence electrons. The van der Waals surface area contributed by atoms with Gasteiger partial charge in [0.2, 0.25) is 0 Å². The van der Waals surface area contributed by atoms with E-state index in [0.29, 0.717) is 0 Å². The van der Waals surface area contributed by atoms with Crippen LogP contribution in [0.1, 0.15) is 13.8 Å². The monoisotopic (exact) mass is 230 g/mol. The first kappa shape index (κ1) is 12.5.